The lowest BCUT2D eigenvalue weighted by Crippen LogP contribution is -2.32. The Kier molecular flexibility index (Phi) is 4.43. The van der Waals surface area contributed by atoms with Gasteiger partial charge in [-0.2, -0.15) is 13.2 Å². The minimum atomic E-state index is -4.31. The fraction of sp³-hybridized carbons (Fsp3) is 0.412. The van der Waals surface area contributed by atoms with Crippen molar-refractivity contribution in [3.63, 3.8) is 0 Å². The molecule has 1 aliphatic heterocycles. The van der Waals surface area contributed by atoms with Gasteiger partial charge in [-0.25, -0.2) is 0 Å². The van der Waals surface area contributed by atoms with Crippen molar-refractivity contribution < 1.29 is 17.9 Å². The molecule has 2 aromatic rings. The molecule has 117 valence electrons. The Morgan fingerprint density at radius 2 is 1.59 bits per heavy atom. The molecule has 0 spiro atoms. The van der Waals surface area contributed by atoms with E-state index in [0.717, 1.165) is 10.8 Å². The molecule has 0 saturated carbocycles. The fourth-order valence-corrected chi connectivity index (χ4v) is 6.17. The largest absolute Gasteiger partial charge is 0.483 e. The van der Waals surface area contributed by atoms with E-state index in [1.807, 2.05) is 30.3 Å². The van der Waals surface area contributed by atoms with E-state index in [1.165, 1.54) is 36.5 Å². The minimum absolute atomic E-state index is 0.329. The molecule has 0 aromatic heterocycles. The molecule has 0 amide bonds. The van der Waals surface area contributed by atoms with Crippen molar-refractivity contribution in [1.82, 2.24) is 0 Å². The molecule has 1 aliphatic rings. The van der Waals surface area contributed by atoms with E-state index in [2.05, 4.69) is 0 Å². The predicted molar refractivity (Wildman–Crippen MR) is 84.4 cm³/mol. The third kappa shape index (κ3) is 3.46. The van der Waals surface area contributed by atoms with Crippen molar-refractivity contribution >= 4 is 24.8 Å². The summed E-state index contributed by atoms with van der Waals surface area (Å²) in [5.74, 6) is 0.329. The molecule has 2 aromatic carbocycles. The van der Waals surface area contributed by atoms with Gasteiger partial charge in [-0.05, 0) is 11.5 Å². The number of alkyl halides is 3. The van der Waals surface area contributed by atoms with Crippen LogP contribution in [0.1, 0.15) is 19.3 Å². The van der Waals surface area contributed by atoms with Gasteiger partial charge in [0.05, 0.1) is 8.80 Å². The first-order chi connectivity index (χ1) is 10.5. The van der Waals surface area contributed by atoms with Crippen molar-refractivity contribution in [2.24, 2.45) is 0 Å². The molecule has 1 fully saturated rings. The summed E-state index contributed by atoms with van der Waals surface area (Å²) in [6, 6.07) is 13.9. The summed E-state index contributed by atoms with van der Waals surface area (Å²) in [4.78, 5) is 0. The Morgan fingerprint density at radius 3 is 2.27 bits per heavy atom. The van der Waals surface area contributed by atoms with Gasteiger partial charge in [0, 0.05) is 5.39 Å². The molecule has 3 rings (SSSR count). The first-order valence-corrected chi connectivity index (χ1v) is 9.52. The maximum atomic E-state index is 12.4. The van der Waals surface area contributed by atoms with Gasteiger partial charge in [-0.1, -0.05) is 66.9 Å². The highest BCUT2D eigenvalue weighted by atomic mass is 28.3. The second-order valence-electron chi connectivity index (χ2n) is 5.72. The van der Waals surface area contributed by atoms with Crippen LogP contribution in [0.3, 0.4) is 0 Å². The molecule has 0 bridgehead atoms. The summed E-state index contributed by atoms with van der Waals surface area (Å²) < 4.78 is 42.2. The Hall–Kier alpha value is -1.49. The monoisotopic (exact) mass is 323 g/mol. The molecule has 0 N–H and O–H groups in total. The Balaban J connectivity index is 1.96. The van der Waals surface area contributed by atoms with E-state index in [0.29, 0.717) is 5.75 Å². The first-order valence-electron chi connectivity index (χ1n) is 7.61. The molecule has 1 nitrogen and oxygen atoms in total. The lowest BCUT2D eigenvalue weighted by molar-refractivity contribution is -0.153. The first kappa shape index (κ1) is 15.4. The third-order valence-electron chi connectivity index (χ3n) is 4.11. The highest BCUT2D eigenvalue weighted by molar-refractivity contribution is 6.75. The second-order valence-corrected chi connectivity index (χ2v) is 8.47. The maximum Gasteiger partial charge on any atom is 0.422 e. The average Bonchev–Trinajstić information content (AvgIpc) is 2.52. The van der Waals surface area contributed by atoms with Crippen LogP contribution in [-0.2, 0) is 0 Å². The second kappa shape index (κ2) is 6.32. The lowest BCUT2D eigenvalue weighted by Gasteiger charge is -2.22. The SMILES string of the molecule is FC(F)(F)COc1ccc([Si]2CCCCC2)c2ccccc12. The lowest BCUT2D eigenvalue weighted by atomic mass is 10.1. The normalized spacial score (nSPS) is 16.9. The van der Waals surface area contributed by atoms with Crippen molar-refractivity contribution in [3.8, 4) is 5.75 Å². The molecule has 0 unspecified atom stereocenters. The molecule has 0 aliphatic carbocycles. The van der Waals surface area contributed by atoms with Gasteiger partial charge in [-0.3, -0.25) is 0 Å². The van der Waals surface area contributed by atoms with E-state index < -0.39 is 21.6 Å². The minimum Gasteiger partial charge on any atom is -0.483 e. The number of rotatable bonds is 3. The smallest absolute Gasteiger partial charge is 0.422 e. The van der Waals surface area contributed by atoms with Gasteiger partial charge in [0.15, 0.2) is 6.61 Å². The molecule has 1 radical (unpaired) electrons. The number of hydrogen-bond donors (Lipinski definition) is 0. The van der Waals surface area contributed by atoms with Crippen molar-refractivity contribution in [2.75, 3.05) is 6.61 Å². The Bertz CT molecular complexity index is 648. The van der Waals surface area contributed by atoms with Crippen LogP contribution < -0.4 is 9.92 Å². The molecule has 1 saturated heterocycles. The van der Waals surface area contributed by atoms with Gasteiger partial charge >= 0.3 is 6.18 Å². The molecule has 5 heteroatoms. The van der Waals surface area contributed by atoms with Gasteiger partial charge in [-0.15, -0.1) is 0 Å². The van der Waals surface area contributed by atoms with Crippen LogP contribution in [0.25, 0.3) is 10.8 Å². The standard InChI is InChI=1S/C17H18F3OSi/c18-17(19,20)12-21-15-8-9-16(22-10-4-1-5-11-22)14-7-3-2-6-13(14)15/h2-3,6-9H,1,4-5,10-12H2. The number of halogens is 3. The quantitative estimate of drug-likeness (QED) is 0.746. The van der Waals surface area contributed by atoms with Crippen LogP contribution in [0, 0.1) is 0 Å². The van der Waals surface area contributed by atoms with Crippen LogP contribution in [0.15, 0.2) is 36.4 Å². The zero-order valence-electron chi connectivity index (χ0n) is 12.2. The van der Waals surface area contributed by atoms with Gasteiger partial charge < -0.3 is 4.74 Å². The Labute approximate surface area is 129 Å². The summed E-state index contributed by atoms with van der Waals surface area (Å²) in [5, 5.41) is 3.21. The summed E-state index contributed by atoms with van der Waals surface area (Å²) in [5.41, 5.74) is 0. The summed E-state index contributed by atoms with van der Waals surface area (Å²) in [6.07, 6.45) is -0.460. The van der Waals surface area contributed by atoms with Crippen LogP contribution in [0.5, 0.6) is 5.75 Å². The van der Waals surface area contributed by atoms with E-state index in [4.69, 9.17) is 4.74 Å². The van der Waals surface area contributed by atoms with Crippen molar-refractivity contribution in [3.05, 3.63) is 36.4 Å². The zero-order chi connectivity index (χ0) is 15.6. The molecule has 0 atom stereocenters. The van der Waals surface area contributed by atoms with Crippen molar-refractivity contribution in [1.29, 1.82) is 0 Å². The number of ether oxygens (including phenoxy) is 1. The van der Waals surface area contributed by atoms with Crippen LogP contribution >= 0.6 is 0 Å². The molecule has 1 heterocycles. The summed E-state index contributed by atoms with van der Waals surface area (Å²) >= 11 is 0. The Morgan fingerprint density at radius 1 is 0.909 bits per heavy atom. The van der Waals surface area contributed by atoms with E-state index in [1.54, 1.807) is 6.07 Å². The van der Waals surface area contributed by atoms with Crippen molar-refractivity contribution in [2.45, 2.75) is 37.5 Å². The highest BCUT2D eigenvalue weighted by Crippen LogP contribution is 2.28. The highest BCUT2D eigenvalue weighted by Gasteiger charge is 2.29. The van der Waals surface area contributed by atoms with Gasteiger partial charge in [0.2, 0.25) is 0 Å². The molecular formula is C17H18F3OSi. The number of fused-ring (bicyclic) bond motifs is 1. The van der Waals surface area contributed by atoms with Crippen LogP contribution in [0.4, 0.5) is 13.2 Å². The van der Waals surface area contributed by atoms with Gasteiger partial charge in [0.1, 0.15) is 5.75 Å². The number of benzene rings is 2. The zero-order valence-corrected chi connectivity index (χ0v) is 13.2. The van der Waals surface area contributed by atoms with E-state index >= 15 is 0 Å². The maximum absolute atomic E-state index is 12.4. The van der Waals surface area contributed by atoms with Gasteiger partial charge in [0.25, 0.3) is 0 Å². The fourth-order valence-electron chi connectivity index (χ4n) is 3.11. The van der Waals surface area contributed by atoms with E-state index in [9.17, 15) is 13.2 Å². The topological polar surface area (TPSA) is 9.23 Å². The average molecular weight is 323 g/mol. The summed E-state index contributed by atoms with van der Waals surface area (Å²) in [6.45, 7) is -1.24. The van der Waals surface area contributed by atoms with Crippen LogP contribution in [-0.4, -0.2) is 21.6 Å². The van der Waals surface area contributed by atoms with Crippen LogP contribution in [0.2, 0.25) is 12.1 Å². The molecular weight excluding hydrogens is 305 g/mol. The van der Waals surface area contributed by atoms with E-state index in [-0.39, 0.29) is 0 Å². The number of hydrogen-bond acceptors (Lipinski definition) is 1. The summed E-state index contributed by atoms with van der Waals surface area (Å²) in [7, 11) is -0.588. The third-order valence-corrected chi connectivity index (χ3v) is 7.23. The predicted octanol–water partition coefficient (Wildman–Crippen LogP) is 4.67. The molecule has 22 heavy (non-hydrogen) atoms.